The molecule has 0 aliphatic rings. The van der Waals surface area contributed by atoms with Gasteiger partial charge < -0.3 is 0 Å². The molecule has 1 aromatic heterocycles. The van der Waals surface area contributed by atoms with Gasteiger partial charge in [0.05, 0.1) is 16.7 Å². The van der Waals surface area contributed by atoms with E-state index in [1.165, 1.54) is 22.4 Å². The van der Waals surface area contributed by atoms with Crippen molar-refractivity contribution >= 4 is 11.0 Å². The molecular formula is C28H24N2. The van der Waals surface area contributed by atoms with Crippen molar-refractivity contribution in [1.82, 2.24) is 9.55 Å². The zero-order valence-corrected chi connectivity index (χ0v) is 17.3. The van der Waals surface area contributed by atoms with Crippen LogP contribution in [0.5, 0.6) is 0 Å². The third kappa shape index (κ3) is 3.11. The van der Waals surface area contributed by atoms with Gasteiger partial charge in [-0.1, -0.05) is 105 Å². The van der Waals surface area contributed by atoms with E-state index in [0.717, 1.165) is 22.4 Å². The maximum atomic E-state index is 5.11. The molecule has 0 spiro atoms. The minimum atomic E-state index is 0.408. The SMILES string of the molecule is CC(C)c1ccccc1-n1c(-c2ccccc2)nc2cccc(-c3ccccc3)c21. The van der Waals surface area contributed by atoms with Gasteiger partial charge in [0.2, 0.25) is 0 Å². The Morgan fingerprint density at radius 3 is 1.97 bits per heavy atom. The normalized spacial score (nSPS) is 11.3. The van der Waals surface area contributed by atoms with Gasteiger partial charge in [-0.15, -0.1) is 0 Å². The van der Waals surface area contributed by atoms with Crippen molar-refractivity contribution in [3.05, 3.63) is 109 Å². The average molecular weight is 389 g/mol. The fourth-order valence-electron chi connectivity index (χ4n) is 4.17. The number of nitrogens with zero attached hydrogens (tertiary/aromatic N) is 2. The van der Waals surface area contributed by atoms with Crippen molar-refractivity contribution in [1.29, 1.82) is 0 Å². The molecule has 0 unspecified atom stereocenters. The summed E-state index contributed by atoms with van der Waals surface area (Å²) in [5, 5.41) is 0. The topological polar surface area (TPSA) is 17.8 Å². The van der Waals surface area contributed by atoms with Crippen molar-refractivity contribution in [3.63, 3.8) is 0 Å². The maximum absolute atomic E-state index is 5.11. The molecule has 5 rings (SSSR count). The Hall–Kier alpha value is -3.65. The summed E-state index contributed by atoms with van der Waals surface area (Å²) in [6.45, 7) is 4.50. The summed E-state index contributed by atoms with van der Waals surface area (Å²) in [6.07, 6.45) is 0. The number of benzene rings is 4. The van der Waals surface area contributed by atoms with Gasteiger partial charge in [0.1, 0.15) is 5.82 Å². The molecule has 146 valence electrons. The smallest absolute Gasteiger partial charge is 0.145 e. The second-order valence-electron chi connectivity index (χ2n) is 7.89. The first-order chi connectivity index (χ1) is 14.7. The Bertz CT molecular complexity index is 1300. The Morgan fingerprint density at radius 2 is 1.27 bits per heavy atom. The molecule has 2 nitrogen and oxygen atoms in total. The summed E-state index contributed by atoms with van der Waals surface area (Å²) in [7, 11) is 0. The van der Waals surface area contributed by atoms with Gasteiger partial charge in [-0.25, -0.2) is 4.98 Å². The van der Waals surface area contributed by atoms with Gasteiger partial charge in [0, 0.05) is 11.1 Å². The van der Waals surface area contributed by atoms with Crippen LogP contribution in [0.25, 0.3) is 39.2 Å². The minimum Gasteiger partial charge on any atom is -0.291 e. The fraction of sp³-hybridized carbons (Fsp3) is 0.107. The predicted octanol–water partition coefficient (Wildman–Crippen LogP) is 7.48. The largest absolute Gasteiger partial charge is 0.291 e. The van der Waals surface area contributed by atoms with Gasteiger partial charge in [0.25, 0.3) is 0 Å². The fourth-order valence-corrected chi connectivity index (χ4v) is 4.17. The highest BCUT2D eigenvalue weighted by Gasteiger charge is 2.20. The number of hydrogen-bond acceptors (Lipinski definition) is 1. The van der Waals surface area contributed by atoms with Crippen molar-refractivity contribution < 1.29 is 0 Å². The van der Waals surface area contributed by atoms with E-state index < -0.39 is 0 Å². The standard InChI is InChI=1S/C28H24N2/c1-20(2)23-16-9-10-19-26(23)30-27-24(21-12-5-3-6-13-21)17-11-18-25(27)29-28(30)22-14-7-4-8-15-22/h3-20H,1-2H3. The van der Waals surface area contributed by atoms with Crippen LogP contribution in [0.1, 0.15) is 25.3 Å². The minimum absolute atomic E-state index is 0.408. The lowest BCUT2D eigenvalue weighted by Crippen LogP contribution is -2.04. The van der Waals surface area contributed by atoms with Gasteiger partial charge in [0.15, 0.2) is 0 Å². The van der Waals surface area contributed by atoms with Crippen molar-refractivity contribution in [3.8, 4) is 28.2 Å². The van der Waals surface area contributed by atoms with E-state index in [2.05, 4.69) is 115 Å². The first kappa shape index (κ1) is 18.4. The van der Waals surface area contributed by atoms with E-state index in [-0.39, 0.29) is 0 Å². The van der Waals surface area contributed by atoms with Gasteiger partial charge in [-0.2, -0.15) is 0 Å². The lowest BCUT2D eigenvalue weighted by atomic mass is 9.99. The summed E-state index contributed by atoms with van der Waals surface area (Å²) >= 11 is 0. The van der Waals surface area contributed by atoms with E-state index in [1.807, 2.05) is 6.07 Å². The van der Waals surface area contributed by atoms with Crippen LogP contribution in [-0.2, 0) is 0 Å². The molecule has 0 N–H and O–H groups in total. The van der Waals surface area contributed by atoms with Crippen LogP contribution in [0.2, 0.25) is 0 Å². The maximum Gasteiger partial charge on any atom is 0.145 e. The lowest BCUT2D eigenvalue weighted by molar-refractivity contribution is 0.851. The number of rotatable bonds is 4. The Kier molecular flexibility index (Phi) is 4.68. The highest BCUT2D eigenvalue weighted by Crippen LogP contribution is 2.37. The molecule has 2 heteroatoms. The summed E-state index contributed by atoms with van der Waals surface area (Å²) in [5.41, 5.74) is 8.18. The lowest BCUT2D eigenvalue weighted by Gasteiger charge is -2.18. The highest BCUT2D eigenvalue weighted by atomic mass is 15.1. The molecule has 0 saturated heterocycles. The third-order valence-corrected chi connectivity index (χ3v) is 5.59. The van der Waals surface area contributed by atoms with Crippen molar-refractivity contribution in [2.24, 2.45) is 0 Å². The van der Waals surface area contributed by atoms with E-state index in [1.54, 1.807) is 0 Å². The molecule has 0 fully saturated rings. The number of hydrogen-bond donors (Lipinski definition) is 0. The molecule has 0 aliphatic carbocycles. The number of fused-ring (bicyclic) bond motifs is 1. The Balaban J connectivity index is 1.92. The van der Waals surface area contributed by atoms with Gasteiger partial charge in [-0.05, 0) is 29.2 Å². The van der Waals surface area contributed by atoms with Crippen LogP contribution < -0.4 is 0 Å². The predicted molar refractivity (Wildman–Crippen MR) is 126 cm³/mol. The second-order valence-corrected chi connectivity index (χ2v) is 7.89. The molecular weight excluding hydrogens is 364 g/mol. The highest BCUT2D eigenvalue weighted by molar-refractivity contribution is 5.96. The van der Waals surface area contributed by atoms with E-state index >= 15 is 0 Å². The molecule has 0 saturated carbocycles. The number of aromatic nitrogens is 2. The summed E-state index contributed by atoms with van der Waals surface area (Å²) < 4.78 is 2.35. The Labute approximate surface area is 177 Å². The van der Waals surface area contributed by atoms with Crippen molar-refractivity contribution in [2.75, 3.05) is 0 Å². The monoisotopic (exact) mass is 388 g/mol. The Morgan fingerprint density at radius 1 is 0.633 bits per heavy atom. The van der Waals surface area contributed by atoms with Crippen LogP contribution in [0.3, 0.4) is 0 Å². The number of imidazole rings is 1. The molecule has 0 atom stereocenters. The summed E-state index contributed by atoms with van der Waals surface area (Å²) in [6, 6.07) is 36.2. The molecule has 0 bridgehead atoms. The molecule has 0 radical (unpaired) electrons. The second kappa shape index (κ2) is 7.64. The molecule has 5 aromatic rings. The molecule has 30 heavy (non-hydrogen) atoms. The molecule has 1 heterocycles. The third-order valence-electron chi connectivity index (χ3n) is 5.59. The van der Waals surface area contributed by atoms with Crippen LogP contribution in [-0.4, -0.2) is 9.55 Å². The van der Waals surface area contributed by atoms with E-state index in [4.69, 9.17) is 4.98 Å². The van der Waals surface area contributed by atoms with Gasteiger partial charge >= 0.3 is 0 Å². The van der Waals surface area contributed by atoms with Crippen LogP contribution in [0.4, 0.5) is 0 Å². The van der Waals surface area contributed by atoms with E-state index in [9.17, 15) is 0 Å². The van der Waals surface area contributed by atoms with E-state index in [0.29, 0.717) is 5.92 Å². The molecule has 4 aromatic carbocycles. The summed E-state index contributed by atoms with van der Waals surface area (Å²) in [4.78, 5) is 5.11. The average Bonchev–Trinajstić information content (AvgIpc) is 3.20. The molecule has 0 amide bonds. The first-order valence-electron chi connectivity index (χ1n) is 10.5. The zero-order valence-electron chi connectivity index (χ0n) is 17.3. The van der Waals surface area contributed by atoms with Crippen LogP contribution in [0, 0.1) is 0 Å². The van der Waals surface area contributed by atoms with Crippen LogP contribution >= 0.6 is 0 Å². The quantitative estimate of drug-likeness (QED) is 0.312. The summed E-state index contributed by atoms with van der Waals surface area (Å²) in [5.74, 6) is 1.38. The zero-order chi connectivity index (χ0) is 20.5. The van der Waals surface area contributed by atoms with Gasteiger partial charge in [-0.3, -0.25) is 4.57 Å². The van der Waals surface area contributed by atoms with Crippen molar-refractivity contribution in [2.45, 2.75) is 19.8 Å². The molecule has 0 aliphatic heterocycles. The van der Waals surface area contributed by atoms with Crippen LogP contribution in [0.15, 0.2) is 103 Å². The first-order valence-corrected chi connectivity index (χ1v) is 10.5. The number of para-hydroxylation sites is 2.